The van der Waals surface area contributed by atoms with E-state index in [0.717, 1.165) is 71.2 Å². The first-order valence-electron chi connectivity index (χ1n) is 8.86. The van der Waals surface area contributed by atoms with Crippen molar-refractivity contribution in [3.63, 3.8) is 0 Å². The molecular formula is C17H30N4O2. The number of carbonyl (C=O) groups excluding carboxylic acids is 1. The van der Waals surface area contributed by atoms with Crippen molar-refractivity contribution in [3.05, 3.63) is 0 Å². The maximum atomic E-state index is 12.5. The monoisotopic (exact) mass is 322 g/mol. The third kappa shape index (κ3) is 6.46. The molecule has 0 unspecified atom stereocenters. The third-order valence-electron chi connectivity index (χ3n) is 4.87. The Morgan fingerprint density at radius 1 is 1.22 bits per heavy atom. The molecule has 0 bridgehead atoms. The molecular weight excluding hydrogens is 292 g/mol. The lowest BCUT2D eigenvalue weighted by Crippen LogP contribution is -2.47. The third-order valence-corrected chi connectivity index (χ3v) is 4.87. The van der Waals surface area contributed by atoms with Gasteiger partial charge in [-0.05, 0) is 18.8 Å². The SMILES string of the molecule is CC1CCN(C(=O)CN(CCC#N)CCN2CCOCC2)CC1. The van der Waals surface area contributed by atoms with E-state index in [2.05, 4.69) is 22.8 Å². The van der Waals surface area contributed by atoms with Crippen LogP contribution in [0.4, 0.5) is 0 Å². The number of nitriles is 1. The quantitative estimate of drug-likeness (QED) is 0.694. The van der Waals surface area contributed by atoms with Crippen LogP contribution in [-0.2, 0) is 9.53 Å². The standard InChI is InChI=1S/C17H30N4O2/c1-16-3-7-21(8-4-16)17(22)15-20(6-2-5-18)10-9-19-11-13-23-14-12-19/h16H,2-4,6-15H2,1H3. The fourth-order valence-electron chi connectivity index (χ4n) is 3.13. The van der Waals surface area contributed by atoms with Crippen molar-refractivity contribution in [2.75, 3.05) is 65.6 Å². The van der Waals surface area contributed by atoms with Crippen molar-refractivity contribution in [1.82, 2.24) is 14.7 Å². The maximum absolute atomic E-state index is 12.5. The Kier molecular flexibility index (Phi) is 7.80. The van der Waals surface area contributed by atoms with Crippen LogP contribution in [0.15, 0.2) is 0 Å². The molecule has 0 radical (unpaired) electrons. The molecule has 0 aliphatic carbocycles. The summed E-state index contributed by atoms with van der Waals surface area (Å²) in [5.41, 5.74) is 0. The summed E-state index contributed by atoms with van der Waals surface area (Å²) in [7, 11) is 0. The second-order valence-electron chi connectivity index (χ2n) is 6.70. The first kappa shape index (κ1) is 18.2. The number of hydrogen-bond acceptors (Lipinski definition) is 5. The van der Waals surface area contributed by atoms with E-state index in [1.54, 1.807) is 0 Å². The van der Waals surface area contributed by atoms with E-state index in [0.29, 0.717) is 19.5 Å². The van der Waals surface area contributed by atoms with Crippen molar-refractivity contribution in [2.24, 2.45) is 5.92 Å². The van der Waals surface area contributed by atoms with E-state index >= 15 is 0 Å². The minimum absolute atomic E-state index is 0.219. The molecule has 0 spiro atoms. The molecule has 0 saturated carbocycles. The fraction of sp³-hybridized carbons (Fsp3) is 0.882. The normalized spacial score (nSPS) is 20.7. The lowest BCUT2D eigenvalue weighted by Gasteiger charge is -2.33. The van der Waals surface area contributed by atoms with E-state index in [-0.39, 0.29) is 5.91 Å². The molecule has 2 fully saturated rings. The summed E-state index contributed by atoms with van der Waals surface area (Å²) < 4.78 is 5.36. The highest BCUT2D eigenvalue weighted by Gasteiger charge is 2.22. The number of nitrogens with zero attached hydrogens (tertiary/aromatic N) is 4. The van der Waals surface area contributed by atoms with Gasteiger partial charge < -0.3 is 9.64 Å². The lowest BCUT2D eigenvalue weighted by molar-refractivity contribution is -0.133. The molecule has 6 nitrogen and oxygen atoms in total. The van der Waals surface area contributed by atoms with Gasteiger partial charge in [-0.2, -0.15) is 5.26 Å². The Labute approximate surface area is 140 Å². The second-order valence-corrected chi connectivity index (χ2v) is 6.70. The Morgan fingerprint density at radius 2 is 1.91 bits per heavy atom. The van der Waals surface area contributed by atoms with Crippen molar-refractivity contribution in [2.45, 2.75) is 26.2 Å². The molecule has 1 amide bonds. The number of ether oxygens (including phenoxy) is 1. The van der Waals surface area contributed by atoms with Gasteiger partial charge in [-0.3, -0.25) is 14.6 Å². The van der Waals surface area contributed by atoms with E-state index in [9.17, 15) is 4.79 Å². The van der Waals surface area contributed by atoms with Crippen LogP contribution >= 0.6 is 0 Å². The Bertz CT molecular complexity index is 396. The van der Waals surface area contributed by atoms with Gasteiger partial charge in [0, 0.05) is 52.2 Å². The summed E-state index contributed by atoms with van der Waals surface area (Å²) in [6.07, 6.45) is 2.70. The van der Waals surface area contributed by atoms with Crippen molar-refractivity contribution < 1.29 is 9.53 Å². The highest BCUT2D eigenvalue weighted by atomic mass is 16.5. The summed E-state index contributed by atoms with van der Waals surface area (Å²) in [5, 5.41) is 8.85. The smallest absolute Gasteiger partial charge is 0.236 e. The summed E-state index contributed by atoms with van der Waals surface area (Å²) in [6.45, 7) is 10.4. The fourth-order valence-corrected chi connectivity index (χ4v) is 3.13. The summed E-state index contributed by atoms with van der Waals surface area (Å²) in [6, 6.07) is 2.19. The van der Waals surface area contributed by atoms with Gasteiger partial charge in [-0.25, -0.2) is 0 Å². The molecule has 2 heterocycles. The zero-order chi connectivity index (χ0) is 16.5. The predicted molar refractivity (Wildman–Crippen MR) is 88.9 cm³/mol. The largest absolute Gasteiger partial charge is 0.379 e. The zero-order valence-electron chi connectivity index (χ0n) is 14.4. The van der Waals surface area contributed by atoms with Crippen molar-refractivity contribution in [3.8, 4) is 6.07 Å². The molecule has 2 aliphatic rings. The molecule has 0 aromatic heterocycles. The highest BCUT2D eigenvalue weighted by Crippen LogP contribution is 2.16. The summed E-state index contributed by atoms with van der Waals surface area (Å²) in [5.74, 6) is 0.951. The average molecular weight is 322 g/mol. The number of hydrogen-bond donors (Lipinski definition) is 0. The summed E-state index contributed by atoms with van der Waals surface area (Å²) >= 11 is 0. The van der Waals surface area contributed by atoms with Gasteiger partial charge in [0.15, 0.2) is 0 Å². The number of rotatable bonds is 7. The molecule has 2 aliphatic heterocycles. The molecule has 0 N–H and O–H groups in total. The first-order valence-corrected chi connectivity index (χ1v) is 8.86. The van der Waals surface area contributed by atoms with Gasteiger partial charge >= 0.3 is 0 Å². The molecule has 23 heavy (non-hydrogen) atoms. The van der Waals surface area contributed by atoms with Gasteiger partial charge in [0.05, 0.1) is 25.8 Å². The second kappa shape index (κ2) is 9.86. The highest BCUT2D eigenvalue weighted by molar-refractivity contribution is 5.78. The van der Waals surface area contributed by atoms with Gasteiger partial charge in [-0.15, -0.1) is 0 Å². The molecule has 2 saturated heterocycles. The summed E-state index contributed by atoms with van der Waals surface area (Å²) in [4.78, 5) is 19.0. The Hall–Kier alpha value is -1.16. The number of amides is 1. The van der Waals surface area contributed by atoms with Crippen molar-refractivity contribution >= 4 is 5.91 Å². The molecule has 130 valence electrons. The lowest BCUT2D eigenvalue weighted by atomic mass is 9.99. The zero-order valence-corrected chi connectivity index (χ0v) is 14.4. The van der Waals surface area contributed by atoms with Crippen LogP contribution in [0, 0.1) is 17.2 Å². The van der Waals surface area contributed by atoms with E-state index in [4.69, 9.17) is 10.00 Å². The number of likely N-dealkylation sites (tertiary alicyclic amines) is 1. The predicted octanol–water partition coefficient (Wildman–Crippen LogP) is 0.793. The minimum Gasteiger partial charge on any atom is -0.379 e. The number of carbonyl (C=O) groups is 1. The minimum atomic E-state index is 0.219. The van der Waals surface area contributed by atoms with Gasteiger partial charge in [0.25, 0.3) is 0 Å². The van der Waals surface area contributed by atoms with Gasteiger partial charge in [-0.1, -0.05) is 6.92 Å². The molecule has 0 aromatic carbocycles. The molecule has 0 atom stereocenters. The van der Waals surface area contributed by atoms with Crippen LogP contribution in [0.25, 0.3) is 0 Å². The maximum Gasteiger partial charge on any atom is 0.236 e. The molecule has 0 aromatic rings. The van der Waals surface area contributed by atoms with E-state index < -0.39 is 0 Å². The first-order chi connectivity index (χ1) is 11.2. The van der Waals surface area contributed by atoms with Crippen LogP contribution in [0.5, 0.6) is 0 Å². The molecule has 2 rings (SSSR count). The van der Waals surface area contributed by atoms with Crippen LogP contribution in [0.2, 0.25) is 0 Å². The average Bonchev–Trinajstić information content (AvgIpc) is 2.58. The van der Waals surface area contributed by atoms with Gasteiger partial charge in [0.1, 0.15) is 0 Å². The molecule has 6 heteroatoms. The van der Waals surface area contributed by atoms with E-state index in [1.807, 2.05) is 4.90 Å². The number of piperidine rings is 1. The van der Waals surface area contributed by atoms with Gasteiger partial charge in [0.2, 0.25) is 5.91 Å². The van der Waals surface area contributed by atoms with Crippen molar-refractivity contribution in [1.29, 1.82) is 5.26 Å². The van der Waals surface area contributed by atoms with Crippen LogP contribution in [0.3, 0.4) is 0 Å². The van der Waals surface area contributed by atoms with Crippen LogP contribution in [0.1, 0.15) is 26.2 Å². The van der Waals surface area contributed by atoms with Crippen LogP contribution < -0.4 is 0 Å². The topological polar surface area (TPSA) is 59.8 Å². The van der Waals surface area contributed by atoms with E-state index in [1.165, 1.54) is 0 Å². The Balaban J connectivity index is 1.77. The number of morpholine rings is 1. The Morgan fingerprint density at radius 3 is 2.57 bits per heavy atom. The van der Waals surface area contributed by atoms with Crippen LogP contribution in [-0.4, -0.2) is 86.2 Å².